The Kier molecular flexibility index (Phi) is 7.21. The van der Waals surface area contributed by atoms with Gasteiger partial charge in [-0.2, -0.15) is 4.90 Å². The smallest absolute Gasteiger partial charge is 0.425 e. The summed E-state index contributed by atoms with van der Waals surface area (Å²) in [4.78, 5) is 34.9. The minimum absolute atomic E-state index is 0.0661. The molecule has 0 aliphatic heterocycles. The zero-order valence-corrected chi connectivity index (χ0v) is 18.5. The maximum Gasteiger partial charge on any atom is 0.425 e. The lowest BCUT2D eigenvalue weighted by Gasteiger charge is -2.29. The average Bonchev–Trinajstić information content (AvgIpc) is 2.59. The van der Waals surface area contributed by atoms with Crippen LogP contribution in [0.25, 0.3) is 0 Å². The molecule has 162 valence electrons. The van der Waals surface area contributed by atoms with Crippen LogP contribution in [0.1, 0.15) is 78.8 Å². The van der Waals surface area contributed by atoms with Gasteiger partial charge in [-0.25, -0.2) is 14.6 Å². The molecule has 1 heterocycles. The molecule has 0 bridgehead atoms. The molecule has 29 heavy (non-hydrogen) atoms. The molecule has 0 radical (unpaired) electrons. The van der Waals surface area contributed by atoms with Gasteiger partial charge < -0.3 is 14.2 Å². The molecule has 1 aliphatic carbocycles. The molecular formula is C21H33N3O5. The number of rotatable bonds is 3. The third-order valence-corrected chi connectivity index (χ3v) is 4.42. The fraction of sp³-hybridized carbons (Fsp3) is 0.714. The Morgan fingerprint density at radius 1 is 0.966 bits per heavy atom. The third-order valence-electron chi connectivity index (χ3n) is 4.42. The first-order chi connectivity index (χ1) is 13.4. The van der Waals surface area contributed by atoms with Crippen molar-refractivity contribution in [2.45, 2.75) is 90.4 Å². The molecule has 0 aromatic carbocycles. The first kappa shape index (κ1) is 23.1. The van der Waals surface area contributed by atoms with Crippen molar-refractivity contribution in [3.05, 3.63) is 18.1 Å². The molecule has 1 aromatic rings. The van der Waals surface area contributed by atoms with E-state index in [1.807, 2.05) is 0 Å². The second-order valence-electron chi connectivity index (χ2n) is 9.32. The predicted octanol–water partition coefficient (Wildman–Crippen LogP) is 4.83. The number of carbonyl (C=O) groups is 2. The van der Waals surface area contributed by atoms with Crippen LogP contribution in [0.2, 0.25) is 0 Å². The van der Waals surface area contributed by atoms with Gasteiger partial charge in [0, 0.05) is 13.0 Å². The fourth-order valence-electron chi connectivity index (χ4n) is 3.16. The van der Waals surface area contributed by atoms with E-state index in [2.05, 4.69) is 9.97 Å². The molecule has 2 rings (SSSR count). The highest BCUT2D eigenvalue weighted by Gasteiger charge is 2.34. The Labute approximate surface area is 172 Å². The van der Waals surface area contributed by atoms with Crippen molar-refractivity contribution in [2.24, 2.45) is 0 Å². The maximum atomic E-state index is 12.7. The van der Waals surface area contributed by atoms with Crippen molar-refractivity contribution < 1.29 is 23.8 Å². The van der Waals surface area contributed by atoms with Gasteiger partial charge in [0.15, 0.2) is 5.82 Å². The molecule has 1 saturated carbocycles. The Balaban J connectivity index is 2.25. The fourth-order valence-corrected chi connectivity index (χ4v) is 3.16. The SMILES string of the molecule is CO[C@H]1CCC[C@@H](c2cnc(N(C(=O)OC(C)(C)C)C(=O)OC(C)(C)C)cn2)C1. The molecule has 0 unspecified atom stereocenters. The Bertz CT molecular complexity index is 679. The molecule has 8 nitrogen and oxygen atoms in total. The second-order valence-corrected chi connectivity index (χ2v) is 9.32. The van der Waals surface area contributed by atoms with Gasteiger partial charge in [-0.3, -0.25) is 4.98 Å². The largest absolute Gasteiger partial charge is 0.443 e. The zero-order chi connectivity index (χ0) is 21.8. The van der Waals surface area contributed by atoms with E-state index in [9.17, 15) is 9.59 Å². The zero-order valence-electron chi connectivity index (χ0n) is 18.5. The molecule has 2 amide bonds. The number of anilines is 1. The molecule has 2 atom stereocenters. The topological polar surface area (TPSA) is 90.8 Å². The number of imide groups is 1. The van der Waals surface area contributed by atoms with E-state index >= 15 is 0 Å². The van der Waals surface area contributed by atoms with Crippen molar-refractivity contribution in [3.63, 3.8) is 0 Å². The van der Waals surface area contributed by atoms with E-state index in [1.165, 1.54) is 6.20 Å². The van der Waals surface area contributed by atoms with Crippen LogP contribution in [-0.4, -0.2) is 46.6 Å². The third kappa shape index (κ3) is 6.96. The van der Waals surface area contributed by atoms with Crippen LogP contribution in [0.15, 0.2) is 12.4 Å². The molecule has 0 saturated heterocycles. The van der Waals surface area contributed by atoms with E-state index in [4.69, 9.17) is 14.2 Å². The highest BCUT2D eigenvalue weighted by molar-refractivity contribution is 6.08. The van der Waals surface area contributed by atoms with Crippen molar-refractivity contribution in [3.8, 4) is 0 Å². The second kappa shape index (κ2) is 9.07. The number of methoxy groups -OCH3 is 1. The quantitative estimate of drug-likeness (QED) is 0.709. The van der Waals surface area contributed by atoms with Crippen LogP contribution in [-0.2, 0) is 14.2 Å². The lowest BCUT2D eigenvalue weighted by Crippen LogP contribution is -2.44. The Hall–Kier alpha value is -2.22. The first-order valence-corrected chi connectivity index (χ1v) is 10.0. The van der Waals surface area contributed by atoms with Crippen molar-refractivity contribution in [2.75, 3.05) is 12.0 Å². The summed E-state index contributed by atoms with van der Waals surface area (Å²) in [6.45, 7) is 10.3. The Morgan fingerprint density at radius 3 is 2.00 bits per heavy atom. The van der Waals surface area contributed by atoms with E-state index in [-0.39, 0.29) is 17.8 Å². The lowest BCUT2D eigenvalue weighted by molar-refractivity contribution is 0.0429. The van der Waals surface area contributed by atoms with Gasteiger partial charge in [-0.05, 0) is 60.8 Å². The summed E-state index contributed by atoms with van der Waals surface area (Å²) in [5, 5.41) is 0. The molecule has 8 heteroatoms. The van der Waals surface area contributed by atoms with Gasteiger partial charge in [0.25, 0.3) is 0 Å². The number of aromatic nitrogens is 2. The first-order valence-electron chi connectivity index (χ1n) is 10.0. The summed E-state index contributed by atoms with van der Waals surface area (Å²) in [7, 11) is 1.72. The number of hydrogen-bond acceptors (Lipinski definition) is 7. The van der Waals surface area contributed by atoms with Crippen LogP contribution < -0.4 is 4.90 Å². The van der Waals surface area contributed by atoms with Gasteiger partial charge in [-0.1, -0.05) is 6.42 Å². The number of amides is 2. The van der Waals surface area contributed by atoms with Crippen LogP contribution in [0.3, 0.4) is 0 Å². The van der Waals surface area contributed by atoms with Crippen molar-refractivity contribution in [1.29, 1.82) is 0 Å². The molecule has 0 N–H and O–H groups in total. The normalized spacial score (nSPS) is 20.1. The van der Waals surface area contributed by atoms with Crippen LogP contribution in [0, 0.1) is 0 Å². The average molecular weight is 408 g/mol. The van der Waals surface area contributed by atoms with Gasteiger partial charge in [-0.15, -0.1) is 0 Å². The Morgan fingerprint density at radius 2 is 1.55 bits per heavy atom. The summed E-state index contributed by atoms with van der Waals surface area (Å²) in [5.41, 5.74) is -0.729. The lowest BCUT2D eigenvalue weighted by atomic mass is 9.85. The van der Waals surface area contributed by atoms with Gasteiger partial charge in [0.1, 0.15) is 11.2 Å². The molecular weight excluding hydrogens is 374 g/mol. The summed E-state index contributed by atoms with van der Waals surface area (Å²) in [5.74, 6) is 0.308. The van der Waals surface area contributed by atoms with Crippen LogP contribution >= 0.6 is 0 Å². The standard InChI is InChI=1S/C21H33N3O5/c1-20(2,3)28-18(25)24(19(26)29-21(4,5)6)17-13-22-16(12-23-17)14-9-8-10-15(11-14)27-7/h12-15H,8-11H2,1-7H3/t14-,15+/m1/s1. The van der Waals surface area contributed by atoms with Gasteiger partial charge in [0.2, 0.25) is 0 Å². The van der Waals surface area contributed by atoms with E-state index in [1.54, 1.807) is 54.8 Å². The van der Waals surface area contributed by atoms with E-state index < -0.39 is 23.4 Å². The van der Waals surface area contributed by atoms with Crippen molar-refractivity contribution >= 4 is 18.0 Å². The molecule has 1 aromatic heterocycles. The summed E-state index contributed by atoms with van der Waals surface area (Å²) >= 11 is 0. The van der Waals surface area contributed by atoms with Gasteiger partial charge in [0.05, 0.1) is 24.2 Å². The van der Waals surface area contributed by atoms with Gasteiger partial charge >= 0.3 is 12.2 Å². The maximum absolute atomic E-state index is 12.7. The number of hydrogen-bond donors (Lipinski definition) is 0. The predicted molar refractivity (Wildman–Crippen MR) is 109 cm³/mol. The molecule has 1 fully saturated rings. The minimum Gasteiger partial charge on any atom is -0.443 e. The molecule has 0 spiro atoms. The summed E-state index contributed by atoms with van der Waals surface area (Å²) in [6.07, 6.45) is 5.53. The van der Waals surface area contributed by atoms with Crippen LogP contribution in [0.5, 0.6) is 0 Å². The molecule has 1 aliphatic rings. The highest BCUT2D eigenvalue weighted by Crippen LogP contribution is 2.33. The van der Waals surface area contributed by atoms with E-state index in [0.29, 0.717) is 0 Å². The number of ether oxygens (including phenoxy) is 3. The van der Waals surface area contributed by atoms with E-state index in [0.717, 1.165) is 36.3 Å². The summed E-state index contributed by atoms with van der Waals surface area (Å²) < 4.78 is 16.2. The summed E-state index contributed by atoms with van der Waals surface area (Å²) in [6, 6.07) is 0. The van der Waals surface area contributed by atoms with Crippen LogP contribution in [0.4, 0.5) is 15.4 Å². The number of nitrogens with zero attached hydrogens (tertiary/aromatic N) is 3. The highest BCUT2D eigenvalue weighted by atomic mass is 16.6. The monoisotopic (exact) mass is 407 g/mol. The number of carbonyl (C=O) groups excluding carboxylic acids is 2. The minimum atomic E-state index is -0.856. The van der Waals surface area contributed by atoms with Crippen molar-refractivity contribution in [1.82, 2.24) is 9.97 Å².